The second kappa shape index (κ2) is 3.42. The molecule has 0 spiro atoms. The molecule has 2 heterocycles. The molecule has 0 amide bonds. The zero-order valence-corrected chi connectivity index (χ0v) is 8.03. The van der Waals surface area contributed by atoms with Gasteiger partial charge in [-0.15, -0.1) is 0 Å². The lowest BCUT2D eigenvalue weighted by molar-refractivity contribution is 0.141. The van der Waals surface area contributed by atoms with Crippen molar-refractivity contribution in [3.05, 3.63) is 22.2 Å². The Morgan fingerprint density at radius 1 is 1.71 bits per heavy atom. The number of hydrogen-bond donors (Lipinski definition) is 2. The van der Waals surface area contributed by atoms with E-state index < -0.39 is 0 Å². The monoisotopic (exact) mass is 195 g/mol. The lowest BCUT2D eigenvalue weighted by Gasteiger charge is -2.36. The highest BCUT2D eigenvalue weighted by molar-refractivity contribution is 5.41. The number of aromatic amines is 1. The molecule has 0 saturated carbocycles. The first-order valence-corrected chi connectivity index (χ1v) is 4.72. The van der Waals surface area contributed by atoms with Crippen molar-refractivity contribution in [3.63, 3.8) is 0 Å². The van der Waals surface area contributed by atoms with Crippen molar-refractivity contribution < 1.29 is 5.11 Å². The summed E-state index contributed by atoms with van der Waals surface area (Å²) in [5.41, 5.74) is -0.131. The normalized spacial score (nSPS) is 16.9. The molecule has 5 nitrogen and oxygen atoms in total. The highest BCUT2D eigenvalue weighted by Gasteiger charge is 2.25. The van der Waals surface area contributed by atoms with Crippen molar-refractivity contribution in [3.8, 4) is 0 Å². The van der Waals surface area contributed by atoms with E-state index in [4.69, 9.17) is 5.11 Å². The number of aliphatic hydroxyl groups is 1. The standard InChI is InChI=1S/C9H13N3O2/c1-2-7-10-8(3-9(14)11-7)12-4-6(13)5-12/h3,6,13H,2,4-5H2,1H3,(H,10,11,14). The number of aliphatic hydroxyl groups excluding tert-OH is 1. The fourth-order valence-electron chi connectivity index (χ4n) is 1.47. The molecule has 0 aliphatic carbocycles. The van der Waals surface area contributed by atoms with E-state index in [1.165, 1.54) is 6.07 Å². The summed E-state index contributed by atoms with van der Waals surface area (Å²) in [6.45, 7) is 3.08. The van der Waals surface area contributed by atoms with Crippen LogP contribution in [0.15, 0.2) is 10.9 Å². The first-order chi connectivity index (χ1) is 6.69. The Hall–Kier alpha value is -1.36. The van der Waals surface area contributed by atoms with E-state index in [0.29, 0.717) is 31.2 Å². The first kappa shape index (κ1) is 9.21. The van der Waals surface area contributed by atoms with E-state index in [2.05, 4.69) is 9.97 Å². The Morgan fingerprint density at radius 2 is 2.43 bits per heavy atom. The second-order valence-electron chi connectivity index (χ2n) is 3.46. The lowest BCUT2D eigenvalue weighted by Crippen LogP contribution is -2.51. The van der Waals surface area contributed by atoms with E-state index >= 15 is 0 Å². The fourth-order valence-corrected chi connectivity index (χ4v) is 1.47. The minimum atomic E-state index is -0.277. The molecule has 14 heavy (non-hydrogen) atoms. The Balaban J connectivity index is 2.25. The number of anilines is 1. The third-order valence-corrected chi connectivity index (χ3v) is 2.30. The maximum Gasteiger partial charge on any atom is 0.252 e. The molecule has 1 aromatic rings. The Kier molecular flexibility index (Phi) is 2.25. The predicted octanol–water partition coefficient (Wildman–Crippen LogP) is -0.487. The summed E-state index contributed by atoms with van der Waals surface area (Å²) >= 11 is 0. The summed E-state index contributed by atoms with van der Waals surface area (Å²) < 4.78 is 0. The molecule has 1 aromatic heterocycles. The lowest BCUT2D eigenvalue weighted by atomic mass is 10.2. The van der Waals surface area contributed by atoms with Crippen molar-refractivity contribution in [2.45, 2.75) is 19.4 Å². The van der Waals surface area contributed by atoms with Gasteiger partial charge in [-0.1, -0.05) is 6.92 Å². The average Bonchev–Trinajstić information content (AvgIpc) is 2.12. The van der Waals surface area contributed by atoms with Gasteiger partial charge in [0, 0.05) is 25.6 Å². The van der Waals surface area contributed by atoms with E-state index in [0.717, 1.165) is 0 Å². The quantitative estimate of drug-likeness (QED) is 0.668. The van der Waals surface area contributed by atoms with Gasteiger partial charge >= 0.3 is 0 Å². The van der Waals surface area contributed by atoms with Crippen LogP contribution in [0.5, 0.6) is 0 Å². The third kappa shape index (κ3) is 1.63. The number of β-amino-alcohol motifs (C(OH)–C–C–N with tert-alkyl or cyclic N) is 1. The van der Waals surface area contributed by atoms with Gasteiger partial charge in [-0.25, -0.2) is 4.98 Å². The second-order valence-corrected chi connectivity index (χ2v) is 3.46. The number of H-pyrrole nitrogens is 1. The largest absolute Gasteiger partial charge is 0.389 e. The Bertz CT molecular complexity index is 382. The van der Waals surface area contributed by atoms with Gasteiger partial charge in [-0.05, 0) is 0 Å². The third-order valence-electron chi connectivity index (χ3n) is 2.30. The number of nitrogens with zero attached hydrogens (tertiary/aromatic N) is 2. The molecule has 5 heteroatoms. The summed E-state index contributed by atoms with van der Waals surface area (Å²) in [5.74, 6) is 1.35. The SMILES string of the molecule is CCc1nc(N2CC(O)C2)cc(=O)[nH]1. The van der Waals surface area contributed by atoms with Gasteiger partial charge in [0.15, 0.2) is 0 Å². The molecule has 1 aliphatic heterocycles. The minimum Gasteiger partial charge on any atom is -0.389 e. The van der Waals surface area contributed by atoms with Crippen LogP contribution < -0.4 is 10.5 Å². The van der Waals surface area contributed by atoms with Gasteiger partial charge in [-0.3, -0.25) is 4.79 Å². The zero-order valence-electron chi connectivity index (χ0n) is 8.03. The zero-order chi connectivity index (χ0) is 10.1. The molecule has 0 radical (unpaired) electrons. The van der Waals surface area contributed by atoms with Crippen molar-refractivity contribution in [2.24, 2.45) is 0 Å². The summed E-state index contributed by atoms with van der Waals surface area (Å²) in [6.07, 6.45) is 0.431. The van der Waals surface area contributed by atoms with Crippen molar-refractivity contribution >= 4 is 5.82 Å². The number of nitrogens with one attached hydrogen (secondary N) is 1. The van der Waals surface area contributed by atoms with Gasteiger partial charge in [0.1, 0.15) is 11.6 Å². The molecule has 0 unspecified atom stereocenters. The number of rotatable bonds is 2. The molecule has 1 saturated heterocycles. The highest BCUT2D eigenvalue weighted by atomic mass is 16.3. The van der Waals surface area contributed by atoms with E-state index in [9.17, 15) is 4.79 Å². The maximum absolute atomic E-state index is 11.2. The van der Waals surface area contributed by atoms with E-state index in [-0.39, 0.29) is 11.7 Å². The molecule has 2 rings (SSSR count). The summed E-state index contributed by atoms with van der Waals surface area (Å²) in [5, 5.41) is 9.12. The molecule has 0 aromatic carbocycles. The van der Waals surface area contributed by atoms with Crippen molar-refractivity contribution in [1.29, 1.82) is 0 Å². The number of aryl methyl sites for hydroxylation is 1. The Morgan fingerprint density at radius 3 is 3.00 bits per heavy atom. The Labute approximate surface area is 81.4 Å². The van der Waals surface area contributed by atoms with Gasteiger partial charge in [0.25, 0.3) is 5.56 Å². The van der Waals surface area contributed by atoms with Crippen LogP contribution in [0.2, 0.25) is 0 Å². The highest BCUT2D eigenvalue weighted by Crippen LogP contribution is 2.16. The summed E-state index contributed by atoms with van der Waals surface area (Å²) in [7, 11) is 0. The van der Waals surface area contributed by atoms with Crippen LogP contribution in [-0.4, -0.2) is 34.3 Å². The molecule has 76 valence electrons. The molecule has 1 aliphatic rings. The van der Waals surface area contributed by atoms with Crippen LogP contribution in [0.4, 0.5) is 5.82 Å². The number of hydrogen-bond acceptors (Lipinski definition) is 4. The molecule has 0 atom stereocenters. The molecule has 1 fully saturated rings. The molecule has 2 N–H and O–H groups in total. The van der Waals surface area contributed by atoms with Gasteiger partial charge in [-0.2, -0.15) is 0 Å². The molecular weight excluding hydrogens is 182 g/mol. The van der Waals surface area contributed by atoms with E-state index in [1.807, 2.05) is 11.8 Å². The van der Waals surface area contributed by atoms with Crippen LogP contribution in [0.25, 0.3) is 0 Å². The van der Waals surface area contributed by atoms with Crippen molar-refractivity contribution in [1.82, 2.24) is 9.97 Å². The van der Waals surface area contributed by atoms with Crippen LogP contribution in [-0.2, 0) is 6.42 Å². The fraction of sp³-hybridized carbons (Fsp3) is 0.556. The van der Waals surface area contributed by atoms with Gasteiger partial charge < -0.3 is 15.0 Å². The van der Waals surface area contributed by atoms with Crippen LogP contribution in [0.3, 0.4) is 0 Å². The van der Waals surface area contributed by atoms with Crippen LogP contribution >= 0.6 is 0 Å². The number of aromatic nitrogens is 2. The van der Waals surface area contributed by atoms with Crippen LogP contribution in [0.1, 0.15) is 12.7 Å². The molecular formula is C9H13N3O2. The smallest absolute Gasteiger partial charge is 0.252 e. The van der Waals surface area contributed by atoms with Gasteiger partial charge in [0.05, 0.1) is 6.10 Å². The van der Waals surface area contributed by atoms with Gasteiger partial charge in [0.2, 0.25) is 0 Å². The molecule has 0 bridgehead atoms. The maximum atomic E-state index is 11.2. The summed E-state index contributed by atoms with van der Waals surface area (Å²) in [4.78, 5) is 20.0. The van der Waals surface area contributed by atoms with Crippen LogP contribution in [0, 0.1) is 0 Å². The topological polar surface area (TPSA) is 69.2 Å². The predicted molar refractivity (Wildman–Crippen MR) is 52.5 cm³/mol. The summed E-state index contributed by atoms with van der Waals surface area (Å²) in [6, 6.07) is 1.46. The first-order valence-electron chi connectivity index (χ1n) is 4.72. The van der Waals surface area contributed by atoms with Crippen molar-refractivity contribution in [2.75, 3.05) is 18.0 Å². The average molecular weight is 195 g/mol. The minimum absolute atomic E-state index is 0.131. The van der Waals surface area contributed by atoms with E-state index in [1.54, 1.807) is 0 Å².